The Bertz CT molecular complexity index is 829. The molecule has 0 unspecified atom stereocenters. The Balaban J connectivity index is 1.58. The zero-order valence-corrected chi connectivity index (χ0v) is 13.9. The van der Waals surface area contributed by atoms with E-state index < -0.39 is 0 Å². The van der Waals surface area contributed by atoms with Crippen molar-refractivity contribution < 1.29 is 13.9 Å². The lowest BCUT2D eigenvalue weighted by Gasteiger charge is -2.05. The van der Waals surface area contributed by atoms with Crippen molar-refractivity contribution in [1.29, 1.82) is 0 Å². The van der Waals surface area contributed by atoms with E-state index in [0.717, 1.165) is 22.4 Å². The number of hydrogen-bond donors (Lipinski definition) is 1. The molecule has 1 amide bonds. The third-order valence-electron chi connectivity index (χ3n) is 3.18. The van der Waals surface area contributed by atoms with Crippen LogP contribution in [0.2, 0.25) is 5.02 Å². The minimum Gasteiger partial charge on any atom is -0.497 e. The van der Waals surface area contributed by atoms with E-state index in [-0.39, 0.29) is 11.7 Å². The van der Waals surface area contributed by atoms with Gasteiger partial charge in [0, 0.05) is 16.1 Å². The maximum Gasteiger partial charge on any atom is 0.234 e. The summed E-state index contributed by atoms with van der Waals surface area (Å²) in [5, 5.41) is 5.10. The summed E-state index contributed by atoms with van der Waals surface area (Å²) in [4.78, 5) is 12.0. The number of amides is 1. The number of fused-ring (bicyclic) bond motifs is 1. The second kappa shape index (κ2) is 6.98. The molecule has 0 saturated heterocycles. The number of nitrogens with one attached hydrogen (secondary N) is 1. The predicted molar refractivity (Wildman–Crippen MR) is 93.6 cm³/mol. The molecule has 0 aliphatic carbocycles. The molecule has 23 heavy (non-hydrogen) atoms. The van der Waals surface area contributed by atoms with Gasteiger partial charge >= 0.3 is 0 Å². The number of methoxy groups -OCH3 is 1. The smallest absolute Gasteiger partial charge is 0.234 e. The average Bonchev–Trinajstić information content (AvgIpc) is 2.95. The van der Waals surface area contributed by atoms with Crippen molar-refractivity contribution >= 4 is 45.9 Å². The van der Waals surface area contributed by atoms with E-state index >= 15 is 0 Å². The second-order valence-corrected chi connectivity index (χ2v) is 6.23. The summed E-state index contributed by atoms with van der Waals surface area (Å²) in [6, 6.07) is 14.5. The van der Waals surface area contributed by atoms with Crippen LogP contribution in [0.5, 0.6) is 5.75 Å². The maximum absolute atomic E-state index is 12.0. The van der Waals surface area contributed by atoms with Gasteiger partial charge in [-0.3, -0.25) is 4.79 Å². The van der Waals surface area contributed by atoms with Gasteiger partial charge in [-0.15, -0.1) is 0 Å². The molecule has 0 spiro atoms. The van der Waals surface area contributed by atoms with Crippen LogP contribution in [0.3, 0.4) is 0 Å². The quantitative estimate of drug-likeness (QED) is 0.672. The number of rotatable bonds is 5. The number of carbonyl (C=O) groups excluding carboxylic acids is 1. The van der Waals surface area contributed by atoms with Gasteiger partial charge in [0.1, 0.15) is 11.3 Å². The molecule has 3 aromatic rings. The van der Waals surface area contributed by atoms with Crippen LogP contribution in [-0.2, 0) is 4.79 Å². The average molecular weight is 348 g/mol. The van der Waals surface area contributed by atoms with Gasteiger partial charge in [0.25, 0.3) is 0 Å². The molecule has 0 aliphatic heterocycles. The summed E-state index contributed by atoms with van der Waals surface area (Å²) in [5.41, 5.74) is 1.49. The van der Waals surface area contributed by atoms with Gasteiger partial charge < -0.3 is 14.5 Å². The van der Waals surface area contributed by atoms with Crippen LogP contribution in [0.15, 0.2) is 58.0 Å². The fourth-order valence-corrected chi connectivity index (χ4v) is 2.95. The zero-order valence-electron chi connectivity index (χ0n) is 12.3. The Morgan fingerprint density at radius 1 is 1.22 bits per heavy atom. The normalized spacial score (nSPS) is 10.7. The SMILES string of the molecule is COc1ccc(NC(=O)CSc2cc3cc(Cl)ccc3o2)cc1. The van der Waals surface area contributed by atoms with Crippen molar-refractivity contribution in [2.75, 3.05) is 18.2 Å². The highest BCUT2D eigenvalue weighted by atomic mass is 35.5. The van der Waals surface area contributed by atoms with Crippen molar-refractivity contribution in [2.45, 2.75) is 5.09 Å². The molecule has 3 rings (SSSR count). The van der Waals surface area contributed by atoms with Gasteiger partial charge in [-0.2, -0.15) is 0 Å². The Morgan fingerprint density at radius 2 is 2.00 bits per heavy atom. The number of furan rings is 1. The fourth-order valence-electron chi connectivity index (χ4n) is 2.07. The van der Waals surface area contributed by atoms with Crippen LogP contribution in [-0.4, -0.2) is 18.8 Å². The molecule has 0 aliphatic rings. The molecule has 0 bridgehead atoms. The molecular formula is C17H14ClNO3S. The lowest BCUT2D eigenvalue weighted by atomic mass is 10.3. The van der Waals surface area contributed by atoms with E-state index in [2.05, 4.69) is 5.32 Å². The number of carbonyl (C=O) groups is 1. The van der Waals surface area contributed by atoms with E-state index in [9.17, 15) is 4.79 Å². The highest BCUT2D eigenvalue weighted by Crippen LogP contribution is 2.29. The van der Waals surface area contributed by atoms with E-state index in [1.54, 1.807) is 37.4 Å². The lowest BCUT2D eigenvalue weighted by molar-refractivity contribution is -0.113. The molecule has 2 aromatic carbocycles. The van der Waals surface area contributed by atoms with Gasteiger partial charge in [-0.1, -0.05) is 23.4 Å². The van der Waals surface area contributed by atoms with Crippen LogP contribution in [0.25, 0.3) is 11.0 Å². The summed E-state index contributed by atoms with van der Waals surface area (Å²) in [6.07, 6.45) is 0. The van der Waals surface area contributed by atoms with Gasteiger partial charge in [0.2, 0.25) is 5.91 Å². The number of ether oxygens (including phenoxy) is 1. The minimum atomic E-state index is -0.0985. The summed E-state index contributed by atoms with van der Waals surface area (Å²) in [7, 11) is 1.60. The standard InChI is InChI=1S/C17H14ClNO3S/c1-21-14-5-3-13(4-6-14)19-16(20)10-23-17-9-11-8-12(18)2-7-15(11)22-17/h2-9H,10H2,1H3,(H,19,20). The van der Waals surface area contributed by atoms with Crippen molar-refractivity contribution in [3.05, 3.63) is 53.6 Å². The third kappa shape index (κ3) is 4.00. The molecule has 0 radical (unpaired) electrons. The topological polar surface area (TPSA) is 51.5 Å². The van der Waals surface area contributed by atoms with Crippen LogP contribution in [0, 0.1) is 0 Å². The first kappa shape index (κ1) is 15.8. The molecule has 1 N–H and O–H groups in total. The van der Waals surface area contributed by atoms with Crippen LogP contribution in [0.1, 0.15) is 0 Å². The summed E-state index contributed by atoms with van der Waals surface area (Å²) >= 11 is 7.29. The fraction of sp³-hybridized carbons (Fsp3) is 0.118. The van der Waals surface area contributed by atoms with Gasteiger partial charge in [-0.25, -0.2) is 0 Å². The highest BCUT2D eigenvalue weighted by molar-refractivity contribution is 7.99. The first-order valence-corrected chi connectivity index (χ1v) is 8.26. The Kier molecular flexibility index (Phi) is 4.79. The number of hydrogen-bond acceptors (Lipinski definition) is 4. The number of benzene rings is 2. The number of thioether (sulfide) groups is 1. The maximum atomic E-state index is 12.0. The zero-order chi connectivity index (χ0) is 16.2. The molecule has 118 valence electrons. The monoisotopic (exact) mass is 347 g/mol. The van der Waals surface area contributed by atoms with Crippen LogP contribution < -0.4 is 10.1 Å². The molecule has 6 heteroatoms. The van der Waals surface area contributed by atoms with E-state index in [1.807, 2.05) is 18.2 Å². The van der Waals surface area contributed by atoms with E-state index in [0.29, 0.717) is 10.1 Å². The largest absolute Gasteiger partial charge is 0.497 e. The van der Waals surface area contributed by atoms with Crippen LogP contribution >= 0.6 is 23.4 Å². The molecule has 0 atom stereocenters. The molecule has 1 heterocycles. The molecular weight excluding hydrogens is 334 g/mol. The Hall–Kier alpha value is -2.11. The third-order valence-corrected chi connectivity index (χ3v) is 4.30. The number of anilines is 1. The first-order chi connectivity index (χ1) is 11.1. The van der Waals surface area contributed by atoms with Gasteiger partial charge in [0.15, 0.2) is 5.09 Å². The summed E-state index contributed by atoms with van der Waals surface area (Å²) in [5.74, 6) is 0.913. The van der Waals surface area contributed by atoms with Crippen molar-refractivity contribution in [2.24, 2.45) is 0 Å². The molecule has 0 fully saturated rings. The second-order valence-electron chi connectivity index (χ2n) is 4.81. The van der Waals surface area contributed by atoms with Gasteiger partial charge in [0.05, 0.1) is 12.9 Å². The van der Waals surface area contributed by atoms with Crippen molar-refractivity contribution in [3.8, 4) is 5.75 Å². The minimum absolute atomic E-state index is 0.0985. The highest BCUT2D eigenvalue weighted by Gasteiger charge is 2.08. The van der Waals surface area contributed by atoms with E-state index in [4.69, 9.17) is 20.8 Å². The van der Waals surface area contributed by atoms with Crippen LogP contribution in [0.4, 0.5) is 5.69 Å². The first-order valence-electron chi connectivity index (χ1n) is 6.90. The molecule has 1 aromatic heterocycles. The number of halogens is 1. The Labute approximate surface area is 142 Å². The van der Waals surface area contributed by atoms with Gasteiger partial charge in [-0.05, 0) is 48.5 Å². The predicted octanol–water partition coefficient (Wildman–Crippen LogP) is 4.83. The van der Waals surface area contributed by atoms with Crippen molar-refractivity contribution in [3.63, 3.8) is 0 Å². The molecule has 0 saturated carbocycles. The van der Waals surface area contributed by atoms with Crippen molar-refractivity contribution in [1.82, 2.24) is 0 Å². The van der Waals surface area contributed by atoms with E-state index in [1.165, 1.54) is 11.8 Å². The summed E-state index contributed by atoms with van der Waals surface area (Å²) < 4.78 is 10.7. The summed E-state index contributed by atoms with van der Waals surface area (Å²) in [6.45, 7) is 0. The Morgan fingerprint density at radius 3 is 2.74 bits per heavy atom. The lowest BCUT2D eigenvalue weighted by Crippen LogP contribution is -2.13. The molecule has 4 nitrogen and oxygen atoms in total.